The lowest BCUT2D eigenvalue weighted by Crippen LogP contribution is -2.39. The van der Waals surface area contributed by atoms with E-state index in [1.54, 1.807) is 24.7 Å². The Morgan fingerprint density at radius 2 is 2.28 bits per heavy atom. The second-order valence-electron chi connectivity index (χ2n) is 7.18. The number of piperidine rings is 1. The highest BCUT2D eigenvalue weighted by atomic mass is 19.1. The molecule has 0 saturated carbocycles. The molecule has 8 nitrogen and oxygen atoms in total. The van der Waals surface area contributed by atoms with Crippen LogP contribution in [0.25, 0.3) is 16.9 Å². The van der Waals surface area contributed by atoms with Gasteiger partial charge in [-0.2, -0.15) is 14.5 Å². The molecule has 0 aromatic carbocycles. The lowest BCUT2D eigenvalue weighted by atomic mass is 10.1. The first-order chi connectivity index (χ1) is 14.2. The fourth-order valence-electron chi connectivity index (χ4n) is 3.46. The van der Waals surface area contributed by atoms with Crippen molar-refractivity contribution in [1.29, 1.82) is 0 Å². The first-order valence-electron chi connectivity index (χ1n) is 9.79. The smallest absolute Gasteiger partial charge is 0.256 e. The van der Waals surface area contributed by atoms with Crippen LogP contribution in [0.2, 0.25) is 0 Å². The molecule has 1 aliphatic heterocycles. The van der Waals surface area contributed by atoms with Crippen LogP contribution in [-0.4, -0.2) is 58.5 Å². The van der Waals surface area contributed by atoms with E-state index in [0.717, 1.165) is 31.4 Å². The normalized spacial score (nSPS) is 18.0. The zero-order chi connectivity index (χ0) is 20.2. The van der Waals surface area contributed by atoms with Crippen molar-refractivity contribution in [2.45, 2.75) is 31.9 Å². The molecule has 1 aliphatic rings. The van der Waals surface area contributed by atoms with Gasteiger partial charge in [0.2, 0.25) is 5.82 Å². The number of hydrogen-bond donors (Lipinski definition) is 2. The van der Waals surface area contributed by atoms with Gasteiger partial charge in [0, 0.05) is 25.9 Å². The number of halogens is 1. The highest BCUT2D eigenvalue weighted by Crippen LogP contribution is 2.29. The van der Waals surface area contributed by atoms with E-state index < -0.39 is 5.82 Å². The van der Waals surface area contributed by atoms with E-state index in [4.69, 9.17) is 9.47 Å². The van der Waals surface area contributed by atoms with E-state index in [2.05, 4.69) is 25.7 Å². The maximum Gasteiger partial charge on any atom is 0.256 e. The SMILES string of the molecule is COCC(C)Oc1nc(-c2cnn3ccccc23)nc(N[C@@H]2CCCNC2)c1F. The molecule has 29 heavy (non-hydrogen) atoms. The van der Waals surface area contributed by atoms with Crippen molar-refractivity contribution in [3.8, 4) is 17.3 Å². The van der Waals surface area contributed by atoms with Crippen LogP contribution in [0, 0.1) is 5.82 Å². The molecule has 0 spiro atoms. The fourth-order valence-corrected chi connectivity index (χ4v) is 3.46. The number of methoxy groups -OCH3 is 1. The fraction of sp³-hybridized carbons (Fsp3) is 0.450. The Morgan fingerprint density at radius 3 is 3.07 bits per heavy atom. The van der Waals surface area contributed by atoms with E-state index in [0.29, 0.717) is 18.0 Å². The minimum atomic E-state index is -0.598. The van der Waals surface area contributed by atoms with Crippen molar-refractivity contribution < 1.29 is 13.9 Å². The van der Waals surface area contributed by atoms with Gasteiger partial charge < -0.3 is 20.1 Å². The van der Waals surface area contributed by atoms with Gasteiger partial charge in [0.05, 0.1) is 23.9 Å². The number of nitrogens with one attached hydrogen (secondary N) is 2. The van der Waals surface area contributed by atoms with Gasteiger partial charge in [0.1, 0.15) is 6.10 Å². The van der Waals surface area contributed by atoms with Crippen LogP contribution in [0.15, 0.2) is 30.6 Å². The Balaban J connectivity index is 1.74. The van der Waals surface area contributed by atoms with Gasteiger partial charge in [0.25, 0.3) is 5.88 Å². The molecule has 2 N–H and O–H groups in total. The Labute approximate surface area is 168 Å². The van der Waals surface area contributed by atoms with Gasteiger partial charge >= 0.3 is 0 Å². The summed E-state index contributed by atoms with van der Waals surface area (Å²) in [4.78, 5) is 8.85. The molecule has 3 aromatic heterocycles. The summed E-state index contributed by atoms with van der Waals surface area (Å²) in [6.45, 7) is 3.86. The number of fused-ring (bicyclic) bond motifs is 1. The topological polar surface area (TPSA) is 85.6 Å². The number of pyridine rings is 1. The first kappa shape index (κ1) is 19.5. The Hall–Kier alpha value is -2.78. The average molecular weight is 400 g/mol. The van der Waals surface area contributed by atoms with Crippen LogP contribution in [0.5, 0.6) is 5.88 Å². The molecule has 4 heterocycles. The second kappa shape index (κ2) is 8.71. The predicted octanol–water partition coefficient (Wildman–Crippen LogP) is 2.51. The summed E-state index contributed by atoms with van der Waals surface area (Å²) >= 11 is 0. The highest BCUT2D eigenvalue weighted by molar-refractivity contribution is 5.76. The molecule has 1 fully saturated rings. The average Bonchev–Trinajstić information content (AvgIpc) is 3.16. The molecule has 1 unspecified atom stereocenters. The third-order valence-corrected chi connectivity index (χ3v) is 4.84. The van der Waals surface area contributed by atoms with E-state index in [1.807, 2.05) is 24.4 Å². The number of anilines is 1. The molecular formula is C20H25FN6O2. The number of ether oxygens (including phenoxy) is 2. The molecule has 154 valence electrons. The van der Waals surface area contributed by atoms with Gasteiger partial charge in [-0.3, -0.25) is 0 Å². The van der Waals surface area contributed by atoms with E-state index in [9.17, 15) is 0 Å². The zero-order valence-electron chi connectivity index (χ0n) is 16.6. The van der Waals surface area contributed by atoms with Crippen LogP contribution in [0.1, 0.15) is 19.8 Å². The van der Waals surface area contributed by atoms with Crippen LogP contribution < -0.4 is 15.4 Å². The third kappa shape index (κ3) is 4.30. The monoisotopic (exact) mass is 400 g/mol. The summed E-state index contributed by atoms with van der Waals surface area (Å²) in [5.74, 6) is -0.197. The molecule has 0 bridgehead atoms. The van der Waals surface area contributed by atoms with Crippen LogP contribution in [0.3, 0.4) is 0 Å². The maximum absolute atomic E-state index is 15.2. The van der Waals surface area contributed by atoms with Gasteiger partial charge in [-0.1, -0.05) is 6.07 Å². The highest BCUT2D eigenvalue weighted by Gasteiger charge is 2.23. The van der Waals surface area contributed by atoms with Gasteiger partial charge in [-0.05, 0) is 38.4 Å². The first-order valence-corrected chi connectivity index (χ1v) is 9.79. The second-order valence-corrected chi connectivity index (χ2v) is 7.18. The lowest BCUT2D eigenvalue weighted by Gasteiger charge is -2.25. The maximum atomic E-state index is 15.2. The minimum absolute atomic E-state index is 0.0918. The summed E-state index contributed by atoms with van der Waals surface area (Å²) in [7, 11) is 1.57. The Morgan fingerprint density at radius 1 is 1.38 bits per heavy atom. The molecule has 0 radical (unpaired) electrons. The molecule has 9 heteroatoms. The number of aromatic nitrogens is 4. The standard InChI is InChI=1S/C20H25FN6O2/c1-13(12-28-2)29-20-17(21)19(24-14-6-5-8-22-10-14)25-18(26-20)15-11-23-27-9-4-3-7-16(15)27/h3-4,7,9,11,13-14,22H,5-6,8,10,12H2,1-2H3,(H,24,25,26)/t13?,14-/m1/s1. The van der Waals surface area contributed by atoms with E-state index >= 15 is 4.39 Å². The number of hydrogen-bond acceptors (Lipinski definition) is 7. The number of nitrogens with zero attached hydrogens (tertiary/aromatic N) is 4. The molecule has 0 aliphatic carbocycles. The lowest BCUT2D eigenvalue weighted by molar-refractivity contribution is 0.0859. The quantitative estimate of drug-likeness (QED) is 0.630. The van der Waals surface area contributed by atoms with Crippen molar-refractivity contribution in [3.63, 3.8) is 0 Å². The Bertz CT molecular complexity index is 973. The summed E-state index contributed by atoms with van der Waals surface area (Å²) in [6.07, 6.45) is 5.13. The molecule has 3 aromatic rings. The van der Waals surface area contributed by atoms with E-state index in [-0.39, 0.29) is 23.8 Å². The number of rotatable bonds is 7. The molecular weight excluding hydrogens is 375 g/mol. The summed E-state index contributed by atoms with van der Waals surface area (Å²) < 4.78 is 27.7. The van der Waals surface area contributed by atoms with Crippen molar-refractivity contribution in [1.82, 2.24) is 24.9 Å². The molecule has 2 atom stereocenters. The summed E-state index contributed by atoms with van der Waals surface area (Å²) in [6, 6.07) is 5.81. The van der Waals surface area contributed by atoms with Crippen molar-refractivity contribution in [3.05, 3.63) is 36.4 Å². The van der Waals surface area contributed by atoms with Crippen LogP contribution >= 0.6 is 0 Å². The molecule has 0 amide bonds. The van der Waals surface area contributed by atoms with Gasteiger partial charge in [0.15, 0.2) is 11.6 Å². The molecule has 1 saturated heterocycles. The van der Waals surface area contributed by atoms with Crippen molar-refractivity contribution >= 4 is 11.3 Å². The third-order valence-electron chi connectivity index (χ3n) is 4.84. The minimum Gasteiger partial charge on any atom is -0.470 e. The summed E-state index contributed by atoms with van der Waals surface area (Å²) in [5, 5.41) is 10.9. The van der Waals surface area contributed by atoms with Crippen LogP contribution in [0.4, 0.5) is 10.2 Å². The van der Waals surface area contributed by atoms with Gasteiger partial charge in [-0.15, -0.1) is 0 Å². The largest absolute Gasteiger partial charge is 0.470 e. The van der Waals surface area contributed by atoms with E-state index in [1.165, 1.54) is 0 Å². The van der Waals surface area contributed by atoms with Crippen LogP contribution in [-0.2, 0) is 4.74 Å². The predicted molar refractivity (Wildman–Crippen MR) is 108 cm³/mol. The summed E-state index contributed by atoms with van der Waals surface area (Å²) in [5.41, 5.74) is 1.54. The van der Waals surface area contributed by atoms with Crippen molar-refractivity contribution in [2.75, 3.05) is 32.1 Å². The van der Waals surface area contributed by atoms with Gasteiger partial charge in [-0.25, -0.2) is 9.50 Å². The zero-order valence-corrected chi connectivity index (χ0v) is 16.6. The molecule has 4 rings (SSSR count). The van der Waals surface area contributed by atoms with Crippen molar-refractivity contribution in [2.24, 2.45) is 0 Å². The Kier molecular flexibility index (Phi) is 5.86.